The van der Waals surface area contributed by atoms with Crippen LogP contribution in [0.1, 0.15) is 17.8 Å². The molecule has 20 heavy (non-hydrogen) atoms. The monoisotopic (exact) mass is 289 g/mol. The minimum Gasteiger partial charge on any atom is -0.352 e. The number of fused-ring (bicyclic) bond motifs is 1. The molecule has 104 valence electrons. The Hall–Kier alpha value is -1.81. The molecule has 0 spiro atoms. The van der Waals surface area contributed by atoms with Crippen molar-refractivity contribution in [3.63, 3.8) is 0 Å². The molecule has 1 aromatic carbocycles. The van der Waals surface area contributed by atoms with Crippen molar-refractivity contribution in [3.05, 3.63) is 53.1 Å². The SMILES string of the molecule is O=C(NCc1ccccc1Cl)C1CCn2ccnc2C1. The zero-order chi connectivity index (χ0) is 13.9. The average molecular weight is 290 g/mol. The lowest BCUT2D eigenvalue weighted by Gasteiger charge is -2.22. The second kappa shape index (κ2) is 5.67. The first kappa shape index (κ1) is 13.2. The fraction of sp³-hybridized carbons (Fsp3) is 0.333. The van der Waals surface area contributed by atoms with E-state index in [-0.39, 0.29) is 11.8 Å². The van der Waals surface area contributed by atoms with Gasteiger partial charge in [0.2, 0.25) is 5.91 Å². The number of benzene rings is 1. The number of rotatable bonds is 3. The van der Waals surface area contributed by atoms with Crippen LogP contribution in [0.2, 0.25) is 5.02 Å². The van der Waals surface area contributed by atoms with Gasteiger partial charge in [0.05, 0.1) is 0 Å². The third-order valence-corrected chi connectivity index (χ3v) is 4.10. The Morgan fingerprint density at radius 2 is 2.30 bits per heavy atom. The van der Waals surface area contributed by atoms with Gasteiger partial charge in [0, 0.05) is 42.8 Å². The summed E-state index contributed by atoms with van der Waals surface area (Å²) in [6, 6.07) is 7.57. The highest BCUT2D eigenvalue weighted by atomic mass is 35.5. The number of amides is 1. The molecule has 1 aliphatic rings. The lowest BCUT2D eigenvalue weighted by molar-refractivity contribution is -0.125. The maximum Gasteiger partial charge on any atom is 0.223 e. The van der Waals surface area contributed by atoms with E-state index in [1.165, 1.54) is 0 Å². The van der Waals surface area contributed by atoms with Gasteiger partial charge in [0.1, 0.15) is 5.82 Å². The molecule has 2 heterocycles. The van der Waals surface area contributed by atoms with Gasteiger partial charge in [-0.15, -0.1) is 0 Å². The van der Waals surface area contributed by atoms with E-state index >= 15 is 0 Å². The van der Waals surface area contributed by atoms with Crippen LogP contribution in [-0.4, -0.2) is 15.5 Å². The van der Waals surface area contributed by atoms with Gasteiger partial charge in [0.25, 0.3) is 0 Å². The Morgan fingerprint density at radius 1 is 1.45 bits per heavy atom. The fourth-order valence-corrected chi connectivity index (χ4v) is 2.75. The summed E-state index contributed by atoms with van der Waals surface area (Å²) in [5, 5.41) is 3.66. The number of aryl methyl sites for hydroxylation is 1. The number of hydrogen-bond donors (Lipinski definition) is 1. The van der Waals surface area contributed by atoms with E-state index in [2.05, 4.69) is 14.9 Å². The largest absolute Gasteiger partial charge is 0.352 e. The van der Waals surface area contributed by atoms with Crippen molar-refractivity contribution in [1.82, 2.24) is 14.9 Å². The van der Waals surface area contributed by atoms with Crippen LogP contribution >= 0.6 is 11.6 Å². The molecule has 2 aromatic rings. The highest BCUT2D eigenvalue weighted by molar-refractivity contribution is 6.31. The van der Waals surface area contributed by atoms with Crippen LogP contribution in [-0.2, 0) is 24.3 Å². The van der Waals surface area contributed by atoms with E-state index in [0.717, 1.165) is 24.4 Å². The maximum absolute atomic E-state index is 12.2. The summed E-state index contributed by atoms with van der Waals surface area (Å²) in [6.07, 6.45) is 5.33. The molecular formula is C15H16ClN3O. The molecule has 0 bridgehead atoms. The summed E-state index contributed by atoms with van der Waals surface area (Å²) in [5.41, 5.74) is 0.944. The number of imidazole rings is 1. The lowest BCUT2D eigenvalue weighted by Crippen LogP contribution is -2.35. The summed E-state index contributed by atoms with van der Waals surface area (Å²) in [7, 11) is 0. The second-order valence-corrected chi connectivity index (χ2v) is 5.44. The zero-order valence-corrected chi connectivity index (χ0v) is 11.8. The maximum atomic E-state index is 12.2. The zero-order valence-electron chi connectivity index (χ0n) is 11.1. The highest BCUT2D eigenvalue weighted by Crippen LogP contribution is 2.20. The highest BCUT2D eigenvalue weighted by Gasteiger charge is 2.25. The average Bonchev–Trinajstić information content (AvgIpc) is 2.93. The van der Waals surface area contributed by atoms with Crippen LogP contribution < -0.4 is 5.32 Å². The Morgan fingerprint density at radius 3 is 3.15 bits per heavy atom. The summed E-state index contributed by atoms with van der Waals surface area (Å²) in [5.74, 6) is 1.08. The Bertz CT molecular complexity index is 623. The van der Waals surface area contributed by atoms with Gasteiger partial charge in [0.15, 0.2) is 0 Å². The third kappa shape index (κ3) is 2.70. The number of carbonyl (C=O) groups is 1. The van der Waals surface area contributed by atoms with E-state index < -0.39 is 0 Å². The number of carbonyl (C=O) groups excluding carboxylic acids is 1. The van der Waals surface area contributed by atoms with Gasteiger partial charge in [-0.05, 0) is 18.1 Å². The molecule has 0 fully saturated rings. The van der Waals surface area contributed by atoms with Crippen LogP contribution in [0.5, 0.6) is 0 Å². The van der Waals surface area contributed by atoms with Crippen LogP contribution in [0.3, 0.4) is 0 Å². The van der Waals surface area contributed by atoms with Crippen molar-refractivity contribution in [2.24, 2.45) is 5.92 Å². The van der Waals surface area contributed by atoms with Crippen LogP contribution in [0.15, 0.2) is 36.7 Å². The van der Waals surface area contributed by atoms with E-state index in [9.17, 15) is 4.79 Å². The number of halogens is 1. The molecule has 0 saturated heterocycles. The Labute approximate surface area is 122 Å². The molecular weight excluding hydrogens is 274 g/mol. The van der Waals surface area contributed by atoms with E-state index in [1.807, 2.05) is 30.5 Å². The van der Waals surface area contributed by atoms with E-state index in [1.54, 1.807) is 6.20 Å². The predicted molar refractivity (Wildman–Crippen MR) is 77.3 cm³/mol. The Kier molecular flexibility index (Phi) is 3.74. The molecule has 1 unspecified atom stereocenters. The smallest absolute Gasteiger partial charge is 0.223 e. The standard InChI is InChI=1S/C15H16ClN3O/c16-13-4-2-1-3-12(13)10-18-15(20)11-5-7-19-8-6-17-14(19)9-11/h1-4,6,8,11H,5,7,9-10H2,(H,18,20). The number of hydrogen-bond acceptors (Lipinski definition) is 2. The fourth-order valence-electron chi connectivity index (χ4n) is 2.54. The van der Waals surface area contributed by atoms with E-state index in [4.69, 9.17) is 11.6 Å². The van der Waals surface area contributed by atoms with Crippen LogP contribution in [0.25, 0.3) is 0 Å². The molecule has 0 radical (unpaired) electrons. The van der Waals surface area contributed by atoms with Crippen molar-refractivity contribution >= 4 is 17.5 Å². The molecule has 1 aliphatic heterocycles. The predicted octanol–water partition coefficient (Wildman–Crippen LogP) is 2.42. The van der Waals surface area contributed by atoms with E-state index in [0.29, 0.717) is 18.0 Å². The Balaban J connectivity index is 1.59. The molecule has 3 rings (SSSR count). The lowest BCUT2D eigenvalue weighted by atomic mass is 9.97. The van der Waals surface area contributed by atoms with Crippen molar-refractivity contribution in [3.8, 4) is 0 Å². The van der Waals surface area contributed by atoms with Gasteiger partial charge in [-0.25, -0.2) is 4.98 Å². The molecule has 0 saturated carbocycles. The molecule has 5 heteroatoms. The van der Waals surface area contributed by atoms with Crippen molar-refractivity contribution < 1.29 is 4.79 Å². The summed E-state index contributed by atoms with van der Waals surface area (Å²) < 4.78 is 2.11. The van der Waals surface area contributed by atoms with Gasteiger partial charge < -0.3 is 9.88 Å². The summed E-state index contributed by atoms with van der Waals surface area (Å²) in [4.78, 5) is 16.5. The van der Waals surface area contributed by atoms with Gasteiger partial charge in [-0.2, -0.15) is 0 Å². The number of aromatic nitrogens is 2. The second-order valence-electron chi connectivity index (χ2n) is 5.04. The molecule has 0 aliphatic carbocycles. The first-order valence-corrected chi connectivity index (χ1v) is 7.13. The minimum absolute atomic E-state index is 0.00684. The van der Waals surface area contributed by atoms with Gasteiger partial charge >= 0.3 is 0 Å². The van der Waals surface area contributed by atoms with Crippen molar-refractivity contribution in [2.75, 3.05) is 0 Å². The quantitative estimate of drug-likeness (QED) is 0.943. The van der Waals surface area contributed by atoms with Crippen LogP contribution in [0.4, 0.5) is 0 Å². The minimum atomic E-state index is 0.00684. The topological polar surface area (TPSA) is 46.9 Å². The molecule has 1 N–H and O–H groups in total. The first-order valence-electron chi connectivity index (χ1n) is 6.75. The summed E-state index contributed by atoms with van der Waals surface area (Å²) in [6.45, 7) is 1.34. The molecule has 1 aromatic heterocycles. The third-order valence-electron chi connectivity index (χ3n) is 3.73. The van der Waals surface area contributed by atoms with Crippen LogP contribution in [0, 0.1) is 5.92 Å². The first-order chi connectivity index (χ1) is 9.74. The van der Waals surface area contributed by atoms with Gasteiger partial charge in [-0.3, -0.25) is 4.79 Å². The number of nitrogens with one attached hydrogen (secondary N) is 1. The van der Waals surface area contributed by atoms with Gasteiger partial charge in [-0.1, -0.05) is 29.8 Å². The van der Waals surface area contributed by atoms with Crippen molar-refractivity contribution in [2.45, 2.75) is 25.9 Å². The van der Waals surface area contributed by atoms with Crippen molar-refractivity contribution in [1.29, 1.82) is 0 Å². The summed E-state index contributed by atoms with van der Waals surface area (Å²) >= 11 is 6.08. The number of nitrogens with zero attached hydrogens (tertiary/aromatic N) is 2. The normalized spacial score (nSPS) is 17.6. The molecule has 4 nitrogen and oxygen atoms in total. The molecule has 1 atom stereocenters. The molecule has 1 amide bonds.